The van der Waals surface area contributed by atoms with E-state index in [0.717, 1.165) is 16.8 Å². The molecule has 0 fully saturated rings. The summed E-state index contributed by atoms with van der Waals surface area (Å²) in [6, 6.07) is 16.6. The maximum absolute atomic E-state index is 15.3. The predicted octanol–water partition coefficient (Wildman–Crippen LogP) is 7.08. The Morgan fingerprint density at radius 3 is 1.76 bits per heavy atom. The van der Waals surface area contributed by atoms with Gasteiger partial charge in [0.15, 0.2) is 11.6 Å². The molecular formula is C36H39NO4. The topological polar surface area (TPSA) is 63.7 Å². The summed E-state index contributed by atoms with van der Waals surface area (Å²) in [7, 11) is 0. The molecule has 41 heavy (non-hydrogen) atoms. The number of anilines is 1. The minimum absolute atomic E-state index is 0.0881. The van der Waals surface area contributed by atoms with Crippen LogP contribution in [0.5, 0.6) is 0 Å². The summed E-state index contributed by atoms with van der Waals surface area (Å²) < 4.78 is 6.58. The third-order valence-corrected chi connectivity index (χ3v) is 10.3. The molecule has 2 aromatic carbocycles. The predicted molar refractivity (Wildman–Crippen MR) is 158 cm³/mol. The molecule has 0 saturated heterocycles. The summed E-state index contributed by atoms with van der Waals surface area (Å²) in [5, 5.41) is 0. The molecule has 1 amide bonds. The average molecular weight is 550 g/mol. The lowest BCUT2D eigenvalue weighted by atomic mass is 9.58. The minimum Gasteiger partial charge on any atom is -0.465 e. The van der Waals surface area contributed by atoms with E-state index in [1.165, 1.54) is 5.56 Å². The van der Waals surface area contributed by atoms with Crippen LogP contribution in [0.1, 0.15) is 97.3 Å². The second-order valence-electron chi connectivity index (χ2n) is 15.4. The van der Waals surface area contributed by atoms with Crippen molar-refractivity contribution in [2.45, 2.75) is 96.9 Å². The number of Topliss-reactive ketones (excluding diaryl/α,β-unsaturated/α-hetero) is 2. The maximum Gasteiger partial charge on any atom is 0.247 e. The van der Waals surface area contributed by atoms with Crippen molar-refractivity contribution >= 4 is 23.2 Å². The van der Waals surface area contributed by atoms with Gasteiger partial charge in [0.25, 0.3) is 0 Å². The first kappa shape index (κ1) is 26.4. The standard InChI is InChI=1S/C36H39NO4/c1-32(2)16-24(38)28-26(18-32)41-27-19-33(3,4)17-25(39)29(27)36(28)23-15-11-14-22-30(23)37(31(36)40)34(5,6)20-35(22,7)21-12-9-8-10-13-21/h8-15H,16-20H2,1-7H3/t35-/m1/s1. The molecule has 7 rings (SSSR count). The van der Waals surface area contributed by atoms with Crippen LogP contribution in [-0.2, 0) is 30.0 Å². The number of benzene rings is 2. The second kappa shape index (κ2) is 7.87. The van der Waals surface area contributed by atoms with Gasteiger partial charge in [-0.2, -0.15) is 0 Å². The van der Waals surface area contributed by atoms with Crippen molar-refractivity contribution in [3.05, 3.63) is 87.9 Å². The number of fused-ring (bicyclic) bond motifs is 3. The van der Waals surface area contributed by atoms with E-state index in [9.17, 15) is 9.59 Å². The zero-order valence-electron chi connectivity index (χ0n) is 25.2. The molecule has 1 atom stereocenters. The van der Waals surface area contributed by atoms with Crippen LogP contribution >= 0.6 is 0 Å². The molecule has 0 radical (unpaired) electrons. The van der Waals surface area contributed by atoms with E-state index in [4.69, 9.17) is 4.74 Å². The molecule has 1 spiro atoms. The fourth-order valence-electron chi connectivity index (χ4n) is 8.89. The number of hydrogen-bond donors (Lipinski definition) is 0. The molecule has 0 N–H and O–H groups in total. The van der Waals surface area contributed by atoms with Gasteiger partial charge in [0, 0.05) is 42.2 Å². The van der Waals surface area contributed by atoms with Crippen molar-refractivity contribution < 1.29 is 19.1 Å². The van der Waals surface area contributed by atoms with Crippen molar-refractivity contribution in [1.29, 1.82) is 0 Å². The Morgan fingerprint density at radius 2 is 1.20 bits per heavy atom. The lowest BCUT2D eigenvalue weighted by Gasteiger charge is -2.50. The molecule has 0 aromatic heterocycles. The van der Waals surface area contributed by atoms with Gasteiger partial charge in [0.1, 0.15) is 16.9 Å². The zero-order valence-corrected chi connectivity index (χ0v) is 25.2. The summed E-state index contributed by atoms with van der Waals surface area (Å²) in [4.78, 5) is 45.7. The van der Waals surface area contributed by atoms with Gasteiger partial charge in [-0.25, -0.2) is 0 Å². The van der Waals surface area contributed by atoms with Crippen LogP contribution in [0.15, 0.2) is 71.2 Å². The largest absolute Gasteiger partial charge is 0.465 e. The quantitative estimate of drug-likeness (QED) is 0.381. The van der Waals surface area contributed by atoms with Crippen molar-refractivity contribution in [2.75, 3.05) is 4.90 Å². The van der Waals surface area contributed by atoms with Gasteiger partial charge in [-0.1, -0.05) is 83.1 Å². The van der Waals surface area contributed by atoms with E-state index in [1.54, 1.807) is 0 Å². The van der Waals surface area contributed by atoms with Crippen LogP contribution in [0.3, 0.4) is 0 Å². The molecule has 2 aromatic rings. The van der Waals surface area contributed by atoms with E-state index in [0.29, 0.717) is 54.8 Å². The number of carbonyl (C=O) groups is 3. The maximum atomic E-state index is 15.3. The average Bonchev–Trinajstić information content (AvgIpc) is 3.10. The monoisotopic (exact) mass is 549 g/mol. The second-order valence-corrected chi connectivity index (χ2v) is 15.4. The van der Waals surface area contributed by atoms with Gasteiger partial charge in [0.05, 0.1) is 16.8 Å². The number of hydrogen-bond acceptors (Lipinski definition) is 4. The lowest BCUT2D eigenvalue weighted by Crippen LogP contribution is -2.59. The Balaban J connectivity index is 1.60. The summed E-state index contributed by atoms with van der Waals surface area (Å²) in [5.41, 5.74) is 1.66. The molecule has 0 unspecified atom stereocenters. The Kier molecular flexibility index (Phi) is 5.08. The van der Waals surface area contributed by atoms with Crippen LogP contribution in [0.25, 0.3) is 0 Å². The highest BCUT2D eigenvalue weighted by Gasteiger charge is 2.68. The Labute approximate surface area is 242 Å². The van der Waals surface area contributed by atoms with Crippen LogP contribution in [-0.4, -0.2) is 23.0 Å². The van der Waals surface area contributed by atoms with Crippen molar-refractivity contribution in [3.8, 4) is 0 Å². The number of ether oxygens (including phenoxy) is 1. The number of allylic oxidation sites excluding steroid dienone is 2. The van der Waals surface area contributed by atoms with Crippen molar-refractivity contribution in [3.63, 3.8) is 0 Å². The number of amides is 1. The molecule has 0 bridgehead atoms. The van der Waals surface area contributed by atoms with Gasteiger partial charge in [-0.3, -0.25) is 14.4 Å². The van der Waals surface area contributed by atoms with Crippen molar-refractivity contribution in [2.24, 2.45) is 10.8 Å². The summed E-state index contributed by atoms with van der Waals surface area (Å²) in [5.74, 6) is 0.795. The molecule has 3 aliphatic heterocycles. The highest BCUT2D eigenvalue weighted by atomic mass is 16.5. The number of para-hydroxylation sites is 1. The highest BCUT2D eigenvalue weighted by molar-refractivity contribution is 6.25. The van der Waals surface area contributed by atoms with Crippen LogP contribution < -0.4 is 4.90 Å². The third-order valence-electron chi connectivity index (χ3n) is 10.3. The molecule has 5 heteroatoms. The highest BCUT2D eigenvalue weighted by Crippen LogP contribution is 2.65. The molecule has 5 nitrogen and oxygen atoms in total. The minimum atomic E-state index is -1.48. The summed E-state index contributed by atoms with van der Waals surface area (Å²) in [6.45, 7) is 14.8. The van der Waals surface area contributed by atoms with Gasteiger partial charge < -0.3 is 9.64 Å². The van der Waals surface area contributed by atoms with E-state index >= 15 is 4.79 Å². The molecule has 5 aliphatic rings. The van der Waals surface area contributed by atoms with Crippen LogP contribution in [0.4, 0.5) is 5.69 Å². The molecular weight excluding hydrogens is 510 g/mol. The van der Waals surface area contributed by atoms with Gasteiger partial charge in [-0.15, -0.1) is 0 Å². The van der Waals surface area contributed by atoms with Crippen molar-refractivity contribution in [1.82, 2.24) is 0 Å². The fraction of sp³-hybridized carbons (Fsp3) is 0.472. The van der Waals surface area contributed by atoms with E-state index in [2.05, 4.69) is 78.8 Å². The van der Waals surface area contributed by atoms with Gasteiger partial charge in [0.2, 0.25) is 5.91 Å². The summed E-state index contributed by atoms with van der Waals surface area (Å²) in [6.07, 6.45) is 2.43. The first-order chi connectivity index (χ1) is 19.1. The molecule has 0 saturated carbocycles. The Bertz CT molecular complexity index is 1580. The van der Waals surface area contributed by atoms with Gasteiger partial charge >= 0.3 is 0 Å². The Morgan fingerprint density at radius 1 is 0.659 bits per heavy atom. The van der Waals surface area contributed by atoms with E-state index < -0.39 is 11.0 Å². The number of rotatable bonds is 1. The van der Waals surface area contributed by atoms with Crippen LogP contribution in [0.2, 0.25) is 0 Å². The fourth-order valence-corrected chi connectivity index (χ4v) is 8.89. The summed E-state index contributed by atoms with van der Waals surface area (Å²) >= 11 is 0. The molecule has 2 aliphatic carbocycles. The lowest BCUT2D eigenvalue weighted by molar-refractivity contribution is -0.129. The number of carbonyl (C=O) groups excluding carboxylic acids is 3. The first-order valence-electron chi connectivity index (χ1n) is 14.9. The van der Waals surface area contributed by atoms with E-state index in [-0.39, 0.29) is 33.7 Å². The normalized spacial score (nSPS) is 28.4. The zero-order chi connectivity index (χ0) is 29.3. The van der Waals surface area contributed by atoms with Crippen LogP contribution in [0, 0.1) is 10.8 Å². The molecule has 212 valence electrons. The number of nitrogens with zero attached hydrogens (tertiary/aromatic N) is 1. The smallest absolute Gasteiger partial charge is 0.247 e. The molecule has 3 heterocycles. The third kappa shape index (κ3) is 3.32. The van der Waals surface area contributed by atoms with Gasteiger partial charge in [-0.05, 0) is 42.2 Å². The van der Waals surface area contributed by atoms with E-state index in [1.807, 2.05) is 23.1 Å². The SMILES string of the molecule is CC1(C)CC(=O)C2=C(C1)OC1=C(C(=O)CC(C)(C)C1)C21C(=O)N2c3c1cccc3[C@@](C)(c1ccccc1)CC2(C)C. The first-order valence-corrected chi connectivity index (χ1v) is 14.9. The number of ketones is 2. The Hall–Kier alpha value is -3.47.